The van der Waals surface area contributed by atoms with Crippen molar-refractivity contribution < 1.29 is 50.7 Å². The van der Waals surface area contributed by atoms with Crippen LogP contribution in [-0.2, 0) is 0 Å². The summed E-state index contributed by atoms with van der Waals surface area (Å²) < 4.78 is 4.08. The second kappa shape index (κ2) is 85.8. The number of unbranched alkanes of at least 4 members (excludes halogenated alkanes) is 54. The maximum absolute atomic E-state index is 2.59. The fourth-order valence-electron chi connectivity index (χ4n) is 14.1. The van der Waals surface area contributed by atoms with Crippen LogP contribution in [0.5, 0.6) is 0 Å². The lowest BCUT2D eigenvalue weighted by molar-refractivity contribution is -0.910. The second-order valence-electron chi connectivity index (χ2n) is 30.5. The molecule has 552 valence electrons. The Bertz CT molecular complexity index is 1060. The Morgan fingerprint density at radius 1 is 0.111 bits per heavy atom. The van der Waals surface area contributed by atoms with Gasteiger partial charge in [-0.1, -0.05) is 351 Å². The van der Waals surface area contributed by atoms with Gasteiger partial charge in [-0.2, -0.15) is 0 Å². The molecule has 0 aromatic heterocycles. The summed E-state index contributed by atoms with van der Waals surface area (Å²) in [5.74, 6) is 0. The highest BCUT2D eigenvalue weighted by atomic mass is 35.5. The van der Waals surface area contributed by atoms with E-state index in [0.717, 1.165) is 0 Å². The third-order valence-electron chi connectivity index (χ3n) is 20.7. The Morgan fingerprint density at radius 3 is 0.256 bits per heavy atom. The van der Waals surface area contributed by atoms with Gasteiger partial charge >= 0.3 is 0 Å². The minimum absolute atomic E-state index is 0. The van der Waals surface area contributed by atoms with Crippen LogP contribution >= 0.6 is 0 Å². The molecule has 0 aromatic carbocycles. The average Bonchev–Trinajstić information content (AvgIpc) is 3.73. The van der Waals surface area contributed by atoms with Gasteiger partial charge in [-0.05, 0) is 116 Å². The lowest BCUT2D eigenvalue weighted by atomic mass is 10.1. The van der Waals surface area contributed by atoms with Crippen molar-refractivity contribution in [3.8, 4) is 0 Å². The number of halogens is 3. The Morgan fingerprint density at radius 2 is 0.178 bits per heavy atom. The summed E-state index contributed by atoms with van der Waals surface area (Å²) in [6.07, 6.45) is 91.0. The van der Waals surface area contributed by atoms with E-state index in [4.69, 9.17) is 0 Å². The minimum atomic E-state index is 0. The van der Waals surface area contributed by atoms with Crippen molar-refractivity contribution in [2.75, 3.05) is 80.0 Å². The monoisotopic (exact) mass is 1340 g/mol. The van der Waals surface area contributed by atoms with Gasteiger partial charge in [0.2, 0.25) is 0 Å². The number of hydrogen-bond acceptors (Lipinski definition) is 0. The topological polar surface area (TPSA) is 0 Å². The van der Waals surface area contributed by atoms with Crippen LogP contribution < -0.4 is 37.2 Å². The molecule has 3 nitrogen and oxygen atoms in total. The summed E-state index contributed by atoms with van der Waals surface area (Å²) in [5.41, 5.74) is 0. The lowest BCUT2D eigenvalue weighted by Gasteiger charge is -2.35. The largest absolute Gasteiger partial charge is 1.00 e. The van der Waals surface area contributed by atoms with E-state index >= 15 is 0 Å². The Kier molecular flexibility index (Phi) is 97.1. The third kappa shape index (κ3) is 83.0. The molecule has 0 saturated carbocycles. The molecule has 0 rings (SSSR count). The van der Waals surface area contributed by atoms with Crippen LogP contribution in [0.2, 0.25) is 0 Å². The summed E-state index contributed by atoms with van der Waals surface area (Å²) in [7, 11) is 7.72. The molecule has 0 saturated heterocycles. The first-order valence-corrected chi connectivity index (χ1v) is 42.1. The predicted octanol–water partition coefficient (Wildman–Crippen LogP) is 20.1. The van der Waals surface area contributed by atoms with Crippen molar-refractivity contribution in [3.63, 3.8) is 0 Å². The molecule has 0 fully saturated rings. The van der Waals surface area contributed by atoms with Crippen LogP contribution in [0.3, 0.4) is 0 Å². The number of hydrogen-bond donors (Lipinski definition) is 0. The van der Waals surface area contributed by atoms with Crippen LogP contribution in [0.25, 0.3) is 0 Å². The van der Waals surface area contributed by atoms with E-state index < -0.39 is 0 Å². The zero-order valence-corrected chi connectivity index (χ0v) is 67.7. The SMILES string of the molecule is CCCCCCCCCC[N+](C)(CCCCCCCCCC)CCCCCCCCCC.CCCCCCCCC[N+](C)(CCCCCCCCC)CCCCCCCCC.CCCCCCCC[N+](C)(CCCCCCCC)CCCCCCCC.[Cl-].[Cl-].[Cl-]. The van der Waals surface area contributed by atoms with Gasteiger partial charge in [0.1, 0.15) is 0 Å². The first kappa shape index (κ1) is 102. The van der Waals surface area contributed by atoms with E-state index in [1.54, 1.807) is 0 Å². The van der Waals surface area contributed by atoms with Crippen LogP contribution in [0.4, 0.5) is 0 Å². The highest BCUT2D eigenvalue weighted by Gasteiger charge is 2.23. The molecule has 0 spiro atoms. The minimum Gasteiger partial charge on any atom is -1.00 e. The maximum Gasteiger partial charge on any atom is 0.0784 e. The third-order valence-corrected chi connectivity index (χ3v) is 20.7. The van der Waals surface area contributed by atoms with Gasteiger partial charge < -0.3 is 50.7 Å². The molecule has 0 aliphatic rings. The van der Waals surface area contributed by atoms with Gasteiger partial charge in [-0.3, -0.25) is 0 Å². The van der Waals surface area contributed by atoms with Crippen molar-refractivity contribution in [1.29, 1.82) is 0 Å². The summed E-state index contributed by atoms with van der Waals surface area (Å²) in [4.78, 5) is 0. The van der Waals surface area contributed by atoms with Crippen molar-refractivity contribution in [3.05, 3.63) is 0 Å². The van der Waals surface area contributed by atoms with Crippen LogP contribution in [-0.4, -0.2) is 93.5 Å². The van der Waals surface area contributed by atoms with Crippen molar-refractivity contribution in [2.45, 2.75) is 467 Å². The molecule has 0 heterocycles. The van der Waals surface area contributed by atoms with Gasteiger partial charge in [0.25, 0.3) is 0 Å². The van der Waals surface area contributed by atoms with Gasteiger partial charge in [0.15, 0.2) is 0 Å². The van der Waals surface area contributed by atoms with Crippen LogP contribution in [0.1, 0.15) is 467 Å². The second-order valence-corrected chi connectivity index (χ2v) is 30.5. The van der Waals surface area contributed by atoms with E-state index in [0.29, 0.717) is 0 Å². The van der Waals surface area contributed by atoms with E-state index in [1.807, 2.05) is 0 Å². The number of nitrogens with zero attached hydrogens (tertiary/aromatic N) is 3. The fraction of sp³-hybridized carbons (Fsp3) is 1.00. The smallest absolute Gasteiger partial charge is 0.0784 e. The van der Waals surface area contributed by atoms with Crippen LogP contribution in [0, 0.1) is 0 Å². The first-order chi connectivity index (χ1) is 42.5. The summed E-state index contributed by atoms with van der Waals surface area (Å²) >= 11 is 0. The molecule has 0 aliphatic heterocycles. The molecule has 6 heteroatoms. The zero-order valence-electron chi connectivity index (χ0n) is 65.4. The van der Waals surface area contributed by atoms with Crippen molar-refractivity contribution in [1.82, 2.24) is 0 Å². The molecule has 0 aliphatic carbocycles. The summed E-state index contributed by atoms with van der Waals surface area (Å²) in [5, 5.41) is 0. The molecule has 0 amide bonds. The molecule has 0 radical (unpaired) electrons. The van der Waals surface area contributed by atoms with Crippen LogP contribution in [0.15, 0.2) is 0 Å². The summed E-state index contributed by atoms with van der Waals surface area (Å²) in [6.45, 7) is 33.7. The normalized spacial score (nSPS) is 11.6. The standard InChI is InChI=1S/C31H66N.C28H60N.C25H54N.3ClH/c1-5-8-11-14-17-20-23-26-29-32(4,30-27-24-21-18-15-12-9-6-2)31-28-25-22-19-16-13-10-7-3;1-5-8-11-14-17-20-23-26-29(4,27-24-21-18-15-12-9-6-2)28-25-22-19-16-13-10-7-3;1-5-8-11-14-17-20-23-26(4,24-21-18-15-12-9-6-2)25-22-19-16-13-10-7-3;;;/h5-31H2,1-4H3;5-28H2,1-4H3;5-25H2,1-4H3;3*1H/q3*+1;;;/p-3. The quantitative estimate of drug-likeness (QED) is 0.0421. The van der Waals surface area contributed by atoms with Gasteiger partial charge in [0.05, 0.1) is 80.0 Å². The predicted molar refractivity (Wildman–Crippen MR) is 404 cm³/mol. The molecule has 0 N–H and O–H groups in total. The van der Waals surface area contributed by atoms with Gasteiger partial charge in [-0.15, -0.1) is 0 Å². The molecule has 0 aromatic rings. The number of quaternary nitrogens is 3. The molecule has 90 heavy (non-hydrogen) atoms. The fourth-order valence-corrected chi connectivity index (χ4v) is 14.1. The molecule has 0 unspecified atom stereocenters. The van der Waals surface area contributed by atoms with E-state index in [-0.39, 0.29) is 37.2 Å². The van der Waals surface area contributed by atoms with E-state index in [1.165, 1.54) is 477 Å². The first-order valence-electron chi connectivity index (χ1n) is 42.1. The zero-order chi connectivity index (χ0) is 64.4. The van der Waals surface area contributed by atoms with Gasteiger partial charge in [-0.25, -0.2) is 0 Å². The van der Waals surface area contributed by atoms with E-state index in [9.17, 15) is 0 Å². The highest BCUT2D eigenvalue weighted by Crippen LogP contribution is 2.21. The van der Waals surface area contributed by atoms with Crippen molar-refractivity contribution in [2.24, 2.45) is 0 Å². The molecular formula is C84H180Cl3N3. The van der Waals surface area contributed by atoms with Crippen molar-refractivity contribution >= 4 is 0 Å². The number of rotatable bonds is 72. The average molecular weight is 1340 g/mol. The van der Waals surface area contributed by atoms with E-state index in [2.05, 4.69) is 83.5 Å². The highest BCUT2D eigenvalue weighted by molar-refractivity contribution is 4.56. The Hall–Kier alpha value is 0.750. The maximum atomic E-state index is 2.59. The van der Waals surface area contributed by atoms with Gasteiger partial charge in [0, 0.05) is 0 Å². The molecular weight excluding hydrogens is 1160 g/mol. The summed E-state index contributed by atoms with van der Waals surface area (Å²) in [6, 6.07) is 0. The Balaban J connectivity index is -0.000000291. The molecule has 0 atom stereocenters. The Labute approximate surface area is 593 Å². The lowest BCUT2D eigenvalue weighted by Crippen LogP contribution is -3.00. The molecule has 0 bridgehead atoms.